The van der Waals surface area contributed by atoms with E-state index in [1.165, 1.54) is 14.2 Å². The molecular weight excluding hydrogens is 452 g/mol. The Balaban J connectivity index is 2.17. The molecule has 2 heterocycles. The molecule has 188 valence electrons. The Hall–Kier alpha value is -3.82. The lowest BCUT2D eigenvalue weighted by molar-refractivity contribution is -0.130. The number of unbranched alkanes of at least 4 members (excludes halogenated alkanes) is 1. The van der Waals surface area contributed by atoms with Crippen molar-refractivity contribution < 1.29 is 23.8 Å². The number of aromatic amines is 1. The van der Waals surface area contributed by atoms with E-state index in [1.54, 1.807) is 23.1 Å². The summed E-state index contributed by atoms with van der Waals surface area (Å²) in [5.41, 5.74) is 0.646. The molecule has 0 bridgehead atoms. The van der Waals surface area contributed by atoms with E-state index >= 15 is 0 Å². The minimum absolute atomic E-state index is 0.0576. The summed E-state index contributed by atoms with van der Waals surface area (Å²) in [6.45, 7) is 6.91. The Morgan fingerprint density at radius 2 is 1.71 bits per heavy atom. The molecular formula is C25H32N4O6. The summed E-state index contributed by atoms with van der Waals surface area (Å²) in [7, 11) is 3.04. The summed E-state index contributed by atoms with van der Waals surface area (Å²) in [4.78, 5) is 30.0. The van der Waals surface area contributed by atoms with Crippen molar-refractivity contribution in [1.82, 2.24) is 20.1 Å². The van der Waals surface area contributed by atoms with Gasteiger partial charge in [0.25, 0.3) is 11.4 Å². The van der Waals surface area contributed by atoms with Crippen LogP contribution in [0.1, 0.15) is 45.2 Å². The van der Waals surface area contributed by atoms with Crippen molar-refractivity contribution in [3.05, 3.63) is 40.1 Å². The number of likely N-dealkylation sites (N-methyl/N-ethyl adjacent to an activating group) is 1. The quantitative estimate of drug-likeness (QED) is 0.422. The average Bonchev–Trinajstić information content (AvgIpc) is 3.30. The lowest BCUT2D eigenvalue weighted by Gasteiger charge is -2.18. The van der Waals surface area contributed by atoms with Gasteiger partial charge in [0.2, 0.25) is 11.8 Å². The number of carbonyl (C=O) groups is 1. The molecule has 0 saturated carbocycles. The fourth-order valence-electron chi connectivity index (χ4n) is 3.99. The first-order valence-electron chi connectivity index (χ1n) is 11.7. The lowest BCUT2D eigenvalue weighted by Crippen LogP contribution is -2.31. The zero-order chi connectivity index (χ0) is 25.5. The number of hydrogen-bond donors (Lipinski definition) is 2. The zero-order valence-electron chi connectivity index (χ0n) is 20.8. The first-order valence-corrected chi connectivity index (χ1v) is 11.7. The van der Waals surface area contributed by atoms with Crippen LogP contribution in [0, 0.1) is 0 Å². The predicted octanol–water partition coefficient (Wildman–Crippen LogP) is 3.57. The molecule has 10 heteroatoms. The highest BCUT2D eigenvalue weighted by molar-refractivity contribution is 5.87. The van der Waals surface area contributed by atoms with E-state index in [9.17, 15) is 14.7 Å². The summed E-state index contributed by atoms with van der Waals surface area (Å²) < 4.78 is 16.7. The van der Waals surface area contributed by atoms with Gasteiger partial charge in [-0.2, -0.15) is 0 Å². The number of aromatic nitrogens is 3. The molecule has 1 aromatic carbocycles. The van der Waals surface area contributed by atoms with E-state index in [2.05, 4.69) is 15.2 Å². The number of pyridine rings is 1. The number of nitrogens with one attached hydrogen (secondary N) is 1. The van der Waals surface area contributed by atoms with Crippen LogP contribution < -0.4 is 15.0 Å². The third-order valence-corrected chi connectivity index (χ3v) is 5.82. The third kappa shape index (κ3) is 5.31. The second kappa shape index (κ2) is 11.5. The van der Waals surface area contributed by atoms with Gasteiger partial charge in [-0.1, -0.05) is 19.4 Å². The molecule has 2 N–H and O–H groups in total. The maximum atomic E-state index is 13.1. The van der Waals surface area contributed by atoms with E-state index in [1.807, 2.05) is 20.8 Å². The number of amides is 1. The molecule has 2 aromatic heterocycles. The van der Waals surface area contributed by atoms with E-state index < -0.39 is 5.56 Å². The van der Waals surface area contributed by atoms with Gasteiger partial charge in [-0.3, -0.25) is 9.59 Å². The van der Waals surface area contributed by atoms with Gasteiger partial charge in [-0.05, 0) is 38.8 Å². The molecule has 0 fully saturated rings. The lowest BCUT2D eigenvalue weighted by atomic mass is 9.96. The van der Waals surface area contributed by atoms with Gasteiger partial charge in [-0.15, -0.1) is 10.2 Å². The summed E-state index contributed by atoms with van der Waals surface area (Å²) >= 11 is 0. The number of nitrogens with zero attached hydrogens (tertiary/aromatic N) is 3. The Morgan fingerprint density at radius 3 is 2.29 bits per heavy atom. The van der Waals surface area contributed by atoms with Gasteiger partial charge in [0.1, 0.15) is 29.2 Å². The molecule has 0 aliphatic heterocycles. The number of H-pyrrole nitrogens is 1. The predicted molar refractivity (Wildman–Crippen MR) is 131 cm³/mol. The van der Waals surface area contributed by atoms with Crippen molar-refractivity contribution in [2.45, 2.75) is 46.5 Å². The normalized spacial score (nSPS) is 10.9. The van der Waals surface area contributed by atoms with Crippen LogP contribution in [0.5, 0.6) is 17.2 Å². The first-order chi connectivity index (χ1) is 16.9. The van der Waals surface area contributed by atoms with Crippen molar-refractivity contribution in [2.75, 3.05) is 27.3 Å². The number of aromatic hydroxyl groups is 1. The fourth-order valence-corrected chi connectivity index (χ4v) is 3.99. The second-order valence-electron chi connectivity index (χ2n) is 7.92. The molecule has 1 amide bonds. The molecule has 0 saturated heterocycles. The van der Waals surface area contributed by atoms with Gasteiger partial charge in [0.15, 0.2) is 0 Å². The first kappa shape index (κ1) is 25.8. The van der Waals surface area contributed by atoms with Crippen LogP contribution in [0.15, 0.2) is 27.4 Å². The second-order valence-corrected chi connectivity index (χ2v) is 7.92. The standard InChI is InChI=1S/C25H32N4O6/c1-6-9-11-15-20(21-16(33-4)12-10-13-17(21)34-5)23(31)22(24(32)26-15)25-28-27-18(35-25)14-19(30)29(7-2)8-3/h10,12-13H,6-9,11,14H2,1-5H3,(H2,26,31,32). The topological polar surface area (TPSA) is 131 Å². The molecule has 10 nitrogen and oxygen atoms in total. The maximum absolute atomic E-state index is 13.1. The third-order valence-electron chi connectivity index (χ3n) is 5.82. The Labute approximate surface area is 203 Å². The van der Waals surface area contributed by atoms with Crippen molar-refractivity contribution in [3.8, 4) is 39.8 Å². The van der Waals surface area contributed by atoms with Gasteiger partial charge < -0.3 is 28.9 Å². The molecule has 0 atom stereocenters. The minimum atomic E-state index is -0.573. The van der Waals surface area contributed by atoms with Crippen LogP contribution in [0.25, 0.3) is 22.6 Å². The average molecular weight is 485 g/mol. The van der Waals surface area contributed by atoms with E-state index in [-0.39, 0.29) is 35.4 Å². The largest absolute Gasteiger partial charge is 0.506 e. The SMILES string of the molecule is CCCCc1[nH]c(=O)c(-c2nnc(CC(=O)N(CC)CC)o2)c(O)c1-c1c(OC)cccc1OC. The molecule has 0 aliphatic rings. The van der Waals surface area contributed by atoms with Crippen LogP contribution in [0.2, 0.25) is 0 Å². The van der Waals surface area contributed by atoms with E-state index in [4.69, 9.17) is 13.9 Å². The number of benzene rings is 1. The highest BCUT2D eigenvalue weighted by Gasteiger charge is 2.27. The minimum Gasteiger partial charge on any atom is -0.506 e. The van der Waals surface area contributed by atoms with Crippen LogP contribution >= 0.6 is 0 Å². The monoisotopic (exact) mass is 484 g/mol. The number of ether oxygens (including phenoxy) is 2. The van der Waals surface area contributed by atoms with Crippen molar-refractivity contribution >= 4 is 5.91 Å². The molecule has 0 spiro atoms. The van der Waals surface area contributed by atoms with Gasteiger partial charge >= 0.3 is 0 Å². The molecule has 0 aliphatic carbocycles. The maximum Gasteiger partial charge on any atom is 0.264 e. The van der Waals surface area contributed by atoms with Crippen LogP contribution in [0.4, 0.5) is 0 Å². The van der Waals surface area contributed by atoms with E-state index in [0.29, 0.717) is 47.8 Å². The number of hydrogen-bond acceptors (Lipinski definition) is 8. The van der Waals surface area contributed by atoms with Gasteiger partial charge in [-0.25, -0.2) is 0 Å². The number of aryl methyl sites for hydroxylation is 1. The molecule has 3 rings (SSSR count). The van der Waals surface area contributed by atoms with Gasteiger partial charge in [0.05, 0.1) is 25.3 Å². The Morgan fingerprint density at radius 1 is 1.06 bits per heavy atom. The van der Waals surface area contributed by atoms with E-state index in [0.717, 1.165) is 12.8 Å². The number of rotatable bonds is 11. The van der Waals surface area contributed by atoms with Crippen LogP contribution in [0.3, 0.4) is 0 Å². The molecule has 0 radical (unpaired) electrons. The van der Waals surface area contributed by atoms with Crippen molar-refractivity contribution in [2.24, 2.45) is 0 Å². The Kier molecular flexibility index (Phi) is 8.51. The van der Waals surface area contributed by atoms with Crippen LogP contribution in [-0.4, -0.2) is 58.4 Å². The number of methoxy groups -OCH3 is 2. The highest BCUT2D eigenvalue weighted by Crippen LogP contribution is 2.46. The van der Waals surface area contributed by atoms with Crippen LogP contribution in [-0.2, 0) is 17.6 Å². The van der Waals surface area contributed by atoms with Crippen molar-refractivity contribution in [3.63, 3.8) is 0 Å². The Bertz CT molecular complexity index is 1210. The summed E-state index contributed by atoms with van der Waals surface area (Å²) in [5.74, 6) is 0.314. The number of carbonyl (C=O) groups excluding carboxylic acids is 1. The summed E-state index contributed by atoms with van der Waals surface area (Å²) in [6.07, 6.45) is 2.09. The zero-order valence-corrected chi connectivity index (χ0v) is 20.8. The summed E-state index contributed by atoms with van der Waals surface area (Å²) in [6, 6.07) is 5.26. The van der Waals surface area contributed by atoms with Gasteiger partial charge in [0, 0.05) is 18.8 Å². The van der Waals surface area contributed by atoms with Crippen molar-refractivity contribution in [1.29, 1.82) is 0 Å². The smallest absolute Gasteiger partial charge is 0.264 e. The highest BCUT2D eigenvalue weighted by atomic mass is 16.5. The summed E-state index contributed by atoms with van der Waals surface area (Å²) in [5, 5.41) is 19.3. The molecule has 0 unspecified atom stereocenters. The molecule has 3 aromatic rings. The molecule has 35 heavy (non-hydrogen) atoms. The fraction of sp³-hybridized carbons (Fsp3) is 0.440.